The lowest BCUT2D eigenvalue weighted by Gasteiger charge is -2.36. The first-order chi connectivity index (χ1) is 28.9. The van der Waals surface area contributed by atoms with Gasteiger partial charge in [-0.15, -0.1) is 0 Å². The van der Waals surface area contributed by atoms with E-state index in [0.717, 1.165) is 0 Å². The van der Waals surface area contributed by atoms with Crippen LogP contribution in [0.4, 0.5) is 5.82 Å². The van der Waals surface area contributed by atoms with E-state index in [0.29, 0.717) is 72.3 Å². The Bertz CT molecular complexity index is 2660. The zero-order valence-electron chi connectivity index (χ0n) is 31.3. The summed E-state index contributed by atoms with van der Waals surface area (Å²) in [5.74, 6) is -0.251. The monoisotopic (exact) mass is 904 g/mol. The van der Waals surface area contributed by atoms with Gasteiger partial charge >= 0.3 is 29.4 Å². The molecule has 322 valence electrons. The maximum atomic E-state index is 13.4. The van der Waals surface area contributed by atoms with Crippen molar-refractivity contribution in [2.75, 3.05) is 25.0 Å². The maximum Gasteiger partial charge on any atom is 0.490 e. The molecule has 3 aliphatic rings. The highest BCUT2D eigenvalue weighted by Crippen LogP contribution is 2.66. The van der Waals surface area contributed by atoms with Crippen molar-refractivity contribution in [1.29, 1.82) is 0 Å². The number of fused-ring (bicyclic) bond motifs is 7. The number of carbonyl (C=O) groups excluding carboxylic acids is 2. The summed E-state index contributed by atoms with van der Waals surface area (Å²) in [6.07, 6.45) is 3.23. The molecule has 1 amide bonds. The highest BCUT2D eigenvalue weighted by Gasteiger charge is 2.54. The van der Waals surface area contributed by atoms with Crippen LogP contribution in [0, 0.1) is 0 Å². The fourth-order valence-electron chi connectivity index (χ4n) is 7.28. The molecule has 8 rings (SSSR count). The van der Waals surface area contributed by atoms with Crippen molar-refractivity contribution in [3.63, 3.8) is 0 Å². The quantitative estimate of drug-likeness (QED) is 0.0409. The van der Waals surface area contributed by atoms with Gasteiger partial charge in [0.15, 0.2) is 17.5 Å². The van der Waals surface area contributed by atoms with Gasteiger partial charge in [-0.2, -0.15) is 13.7 Å². The van der Waals surface area contributed by atoms with Gasteiger partial charge in [-0.25, -0.2) is 33.1 Å². The number of rotatable bonds is 15. The number of esters is 1. The number of nitrogens with zero attached hydrogens (tertiary/aromatic N) is 4. The SMILES string of the molecule is O=C(NCCCCNc1ncnc2c1cnn2[C@@H]1CC[C@@H](COP(=O)(O)OP(=O)(O)OP(=O)(O)O)O1)c1ccc2c(c1)C1(OC2=O)c2ccc(O)cc2Oc2cc(O)ccc21. The number of anilines is 1. The summed E-state index contributed by atoms with van der Waals surface area (Å²) in [5.41, 5.74) is 0.697. The molecule has 8 N–H and O–H groups in total. The smallest absolute Gasteiger partial charge is 0.490 e. The highest BCUT2D eigenvalue weighted by molar-refractivity contribution is 7.66. The van der Waals surface area contributed by atoms with Crippen molar-refractivity contribution in [3.8, 4) is 23.0 Å². The second kappa shape index (κ2) is 16.2. The molecule has 1 saturated heterocycles. The van der Waals surface area contributed by atoms with E-state index < -0.39 is 54.0 Å². The van der Waals surface area contributed by atoms with Gasteiger partial charge < -0.3 is 54.6 Å². The van der Waals surface area contributed by atoms with Crippen molar-refractivity contribution in [1.82, 2.24) is 25.1 Å². The summed E-state index contributed by atoms with van der Waals surface area (Å²) in [6, 6.07) is 13.5. The lowest BCUT2D eigenvalue weighted by atomic mass is 9.77. The number of phenols is 2. The van der Waals surface area contributed by atoms with Crippen LogP contribution >= 0.6 is 23.5 Å². The standard InChI is InChI=1S/C35H35N6O17P3/c42-20-4-8-25-28(14-20)55-29-15-21(43)5-9-26(29)35(25)27-13-19(3-7-23(27)34(45)56-35)33(44)37-12-2-1-11-36-31-24-16-40-41(32(24)39-18-38-31)30-10-6-22(54-30)17-53-60(49,50)58-61(51,52)57-59(46,47)48/h3-5,7-9,13-16,18,22,30,42-43H,1-2,6,10-12,17H2,(H,37,44)(H,49,50)(H,51,52)(H,36,38,39)(H2,46,47,48)/t22-,30-/m0/s1. The average Bonchev–Trinajstić information content (AvgIpc) is 3.90. The normalized spacial score (nSPS) is 19.6. The number of phenolic OH excluding ortho intramolecular Hbond substituents is 2. The number of nitrogens with one attached hydrogen (secondary N) is 2. The van der Waals surface area contributed by atoms with E-state index in [1.807, 2.05) is 0 Å². The molecule has 1 spiro atoms. The van der Waals surface area contributed by atoms with Gasteiger partial charge in [0.05, 0.1) is 29.9 Å². The number of phosphoric ester groups is 1. The summed E-state index contributed by atoms with van der Waals surface area (Å²) in [5, 5.41) is 31.5. The Morgan fingerprint density at radius 3 is 2.28 bits per heavy atom. The second-order valence-corrected chi connectivity index (χ2v) is 18.3. The van der Waals surface area contributed by atoms with Gasteiger partial charge in [0.25, 0.3) is 5.91 Å². The zero-order chi connectivity index (χ0) is 43.3. The Labute approximate surface area is 343 Å². The summed E-state index contributed by atoms with van der Waals surface area (Å²) in [6.45, 7) is 0.184. The Morgan fingerprint density at radius 2 is 1.57 bits per heavy atom. The third-order valence-corrected chi connectivity index (χ3v) is 13.6. The fourth-order valence-corrected chi connectivity index (χ4v) is 10.3. The highest BCUT2D eigenvalue weighted by atomic mass is 31.3. The Balaban J connectivity index is 0.851. The van der Waals surface area contributed by atoms with Crippen LogP contribution in [0.1, 0.15) is 69.3 Å². The first kappa shape index (κ1) is 42.4. The fraction of sp³-hybridized carbons (Fsp3) is 0.286. The largest absolute Gasteiger partial charge is 0.508 e. The molecule has 61 heavy (non-hydrogen) atoms. The van der Waals surface area contributed by atoms with Gasteiger partial charge in [-0.3, -0.25) is 9.32 Å². The number of ether oxygens (including phenoxy) is 3. The molecule has 26 heteroatoms. The van der Waals surface area contributed by atoms with Gasteiger partial charge in [-0.05, 0) is 68.1 Å². The number of unbranched alkanes of at least 4 members (excludes halogenated alkanes) is 1. The van der Waals surface area contributed by atoms with Crippen LogP contribution in [-0.2, 0) is 41.9 Å². The topological polar surface area (TPSA) is 330 Å². The molecule has 1 fully saturated rings. The minimum atomic E-state index is -5.66. The van der Waals surface area contributed by atoms with Crippen LogP contribution in [0.2, 0.25) is 0 Å². The second-order valence-electron chi connectivity index (χ2n) is 13.9. The molecule has 0 bridgehead atoms. The molecule has 0 aliphatic carbocycles. The molecule has 0 saturated carbocycles. The van der Waals surface area contributed by atoms with E-state index in [1.165, 1.54) is 53.6 Å². The minimum absolute atomic E-state index is 0.0821. The summed E-state index contributed by atoms with van der Waals surface area (Å²) in [4.78, 5) is 71.8. The van der Waals surface area contributed by atoms with Crippen LogP contribution in [0.25, 0.3) is 11.0 Å². The Morgan fingerprint density at radius 1 is 0.869 bits per heavy atom. The molecule has 23 nitrogen and oxygen atoms in total. The van der Waals surface area contributed by atoms with Crippen molar-refractivity contribution < 1.29 is 80.4 Å². The van der Waals surface area contributed by atoms with Crippen LogP contribution in [-0.4, -0.2) is 87.2 Å². The van der Waals surface area contributed by atoms with Crippen molar-refractivity contribution in [3.05, 3.63) is 94.9 Å². The number of aromatic hydroxyl groups is 2. The number of phosphoric acid groups is 3. The van der Waals surface area contributed by atoms with E-state index in [4.69, 9.17) is 28.5 Å². The van der Waals surface area contributed by atoms with Crippen molar-refractivity contribution >= 4 is 52.2 Å². The molecule has 2 aromatic heterocycles. The summed E-state index contributed by atoms with van der Waals surface area (Å²) in [7, 11) is -16.5. The molecule has 0 radical (unpaired) electrons. The van der Waals surface area contributed by atoms with E-state index >= 15 is 0 Å². The third-order valence-electron chi connectivity index (χ3n) is 9.81. The van der Waals surface area contributed by atoms with Gasteiger partial charge in [-0.1, -0.05) is 0 Å². The molecule has 4 atom stereocenters. The first-order valence-corrected chi connectivity index (χ1v) is 22.8. The number of hydrogen-bond acceptors (Lipinski definition) is 17. The van der Waals surface area contributed by atoms with E-state index in [9.17, 15) is 43.3 Å². The lowest BCUT2D eigenvalue weighted by Crippen LogP contribution is -2.33. The molecular formula is C35H35N6O17P3. The van der Waals surface area contributed by atoms with Gasteiger partial charge in [0.2, 0.25) is 0 Å². The van der Waals surface area contributed by atoms with Crippen molar-refractivity contribution in [2.45, 2.75) is 43.6 Å². The molecule has 2 unspecified atom stereocenters. The van der Waals surface area contributed by atoms with Crippen LogP contribution in [0.15, 0.2) is 67.1 Å². The van der Waals surface area contributed by atoms with Crippen LogP contribution in [0.3, 0.4) is 0 Å². The molecule has 3 aromatic carbocycles. The molecule has 5 aromatic rings. The molecule has 5 heterocycles. The number of aromatic nitrogens is 4. The molecule has 3 aliphatic heterocycles. The number of hydrogen-bond donors (Lipinski definition) is 8. The number of benzene rings is 3. The average molecular weight is 905 g/mol. The maximum absolute atomic E-state index is 13.4. The van der Waals surface area contributed by atoms with E-state index in [2.05, 4.69) is 34.3 Å². The van der Waals surface area contributed by atoms with Gasteiger partial charge in [0, 0.05) is 47.5 Å². The minimum Gasteiger partial charge on any atom is -0.508 e. The van der Waals surface area contributed by atoms with Crippen molar-refractivity contribution in [2.24, 2.45) is 0 Å². The third kappa shape index (κ3) is 8.77. The molecular weight excluding hydrogens is 869 g/mol. The first-order valence-electron chi connectivity index (χ1n) is 18.3. The van der Waals surface area contributed by atoms with Crippen LogP contribution in [0.5, 0.6) is 23.0 Å². The predicted molar refractivity (Wildman–Crippen MR) is 206 cm³/mol. The van der Waals surface area contributed by atoms with Gasteiger partial charge in [0.1, 0.15) is 35.1 Å². The summed E-state index contributed by atoms with van der Waals surface area (Å²) >= 11 is 0. The number of amides is 1. The Hall–Kier alpha value is -5.28. The van der Waals surface area contributed by atoms with E-state index in [1.54, 1.807) is 18.2 Å². The zero-order valence-corrected chi connectivity index (χ0v) is 33.9. The Kier molecular flexibility index (Phi) is 11.3. The summed E-state index contributed by atoms with van der Waals surface area (Å²) < 4.78 is 66.1. The number of carbonyl (C=O) groups is 2. The predicted octanol–water partition coefficient (Wildman–Crippen LogP) is 4.45. The van der Waals surface area contributed by atoms with E-state index in [-0.39, 0.29) is 40.0 Å². The lowest BCUT2D eigenvalue weighted by molar-refractivity contribution is -0.0259. The van der Waals surface area contributed by atoms with Crippen LogP contribution < -0.4 is 15.4 Å².